The molecule has 1 aromatic heterocycles. The summed E-state index contributed by atoms with van der Waals surface area (Å²) < 4.78 is 6.55. The summed E-state index contributed by atoms with van der Waals surface area (Å²) in [6, 6.07) is 54.4. The first-order chi connectivity index (χ1) is 22.4. The van der Waals surface area contributed by atoms with Gasteiger partial charge in [-0.1, -0.05) is 115 Å². The molecule has 3 heteroatoms. The Kier molecular flexibility index (Phi) is 6.65. The van der Waals surface area contributed by atoms with Gasteiger partial charge in [0.05, 0.1) is 11.1 Å². The summed E-state index contributed by atoms with van der Waals surface area (Å²) in [5, 5.41) is 0. The zero-order chi connectivity index (χ0) is 31.3. The van der Waals surface area contributed by atoms with E-state index in [1.54, 1.807) is 0 Å². The molecule has 1 aliphatic carbocycles. The molecular weight excluding hydrogens is 560 g/mol. The van der Waals surface area contributed by atoms with Crippen LogP contribution in [-0.2, 0) is 11.8 Å². The van der Waals surface area contributed by atoms with E-state index in [1.807, 2.05) is 36.4 Å². The van der Waals surface area contributed by atoms with Crippen molar-refractivity contribution in [1.29, 1.82) is 0 Å². The Morgan fingerprint density at radius 1 is 0.630 bits per heavy atom. The fourth-order valence-corrected chi connectivity index (χ4v) is 7.44. The number of hydrogen-bond acceptors (Lipinski definition) is 3. The number of nitrogens with zero attached hydrogens (tertiary/aromatic N) is 2. The summed E-state index contributed by atoms with van der Waals surface area (Å²) in [7, 11) is 0. The summed E-state index contributed by atoms with van der Waals surface area (Å²) in [5.41, 5.74) is 12.0. The summed E-state index contributed by atoms with van der Waals surface area (Å²) in [5.74, 6) is 0.631. The van der Waals surface area contributed by atoms with E-state index in [-0.39, 0.29) is 11.0 Å². The Hall–Kier alpha value is -5.41. The zero-order valence-electron chi connectivity index (χ0n) is 26.4. The molecule has 0 saturated carbocycles. The van der Waals surface area contributed by atoms with E-state index in [0.29, 0.717) is 5.89 Å². The Morgan fingerprint density at radius 2 is 1.24 bits per heavy atom. The van der Waals surface area contributed by atoms with Gasteiger partial charge in [0.15, 0.2) is 5.58 Å². The number of aromatic nitrogens is 1. The number of anilines is 2. The van der Waals surface area contributed by atoms with Gasteiger partial charge in [-0.3, -0.25) is 0 Å². The standard InChI is InChI=1S/C43H36N2O/c1-42(2,3)45(39-27-15-26-38-40(39)46-41(44-38)31-18-8-5-9-19-31)33-21-14-20-32(28-33)43(29-30-16-6-4-7-17-30)36-24-12-10-22-34(36)35-23-11-13-25-37(35)43/h4-28H,29H2,1-3H3. The van der Waals surface area contributed by atoms with Gasteiger partial charge in [0.2, 0.25) is 5.89 Å². The number of oxazole rings is 1. The van der Waals surface area contributed by atoms with Crippen LogP contribution in [0, 0.1) is 0 Å². The third-order valence-corrected chi connectivity index (χ3v) is 9.30. The Morgan fingerprint density at radius 3 is 1.91 bits per heavy atom. The Balaban J connectivity index is 1.34. The lowest BCUT2D eigenvalue weighted by atomic mass is 9.68. The minimum Gasteiger partial charge on any atom is -0.434 e. The van der Waals surface area contributed by atoms with Gasteiger partial charge in [-0.2, -0.15) is 0 Å². The number of fused-ring (bicyclic) bond motifs is 4. The van der Waals surface area contributed by atoms with Crippen LogP contribution in [0.25, 0.3) is 33.7 Å². The molecule has 1 heterocycles. The van der Waals surface area contributed by atoms with Crippen LogP contribution >= 0.6 is 0 Å². The molecule has 3 nitrogen and oxygen atoms in total. The molecule has 224 valence electrons. The molecular formula is C43H36N2O. The SMILES string of the molecule is CC(C)(C)N(c1cccc(C2(Cc3ccccc3)c3ccccc3-c3ccccc32)c1)c1cccc2nc(-c3ccccc3)oc12. The third-order valence-electron chi connectivity index (χ3n) is 9.30. The summed E-state index contributed by atoms with van der Waals surface area (Å²) in [4.78, 5) is 7.30. The topological polar surface area (TPSA) is 29.3 Å². The normalized spacial score (nSPS) is 13.4. The monoisotopic (exact) mass is 596 g/mol. The van der Waals surface area contributed by atoms with E-state index in [2.05, 4.69) is 141 Å². The Bertz CT molecular complexity index is 2130. The second-order valence-corrected chi connectivity index (χ2v) is 13.2. The summed E-state index contributed by atoms with van der Waals surface area (Å²) in [6.45, 7) is 6.77. The van der Waals surface area contributed by atoms with Gasteiger partial charge in [0.25, 0.3) is 0 Å². The second kappa shape index (κ2) is 10.9. The highest BCUT2D eigenvalue weighted by Crippen LogP contribution is 2.55. The van der Waals surface area contributed by atoms with Crippen molar-refractivity contribution in [2.75, 3.05) is 4.90 Å². The van der Waals surface area contributed by atoms with Crippen LogP contribution < -0.4 is 4.90 Å². The van der Waals surface area contributed by atoms with Crippen LogP contribution in [-0.4, -0.2) is 10.5 Å². The smallest absolute Gasteiger partial charge is 0.227 e. The van der Waals surface area contributed by atoms with Crippen molar-refractivity contribution in [3.63, 3.8) is 0 Å². The van der Waals surface area contributed by atoms with Gasteiger partial charge in [-0.05, 0) is 97.0 Å². The molecule has 0 unspecified atom stereocenters. The van der Waals surface area contributed by atoms with Crippen LogP contribution in [0.4, 0.5) is 11.4 Å². The predicted molar refractivity (Wildman–Crippen MR) is 190 cm³/mol. The molecule has 0 radical (unpaired) electrons. The van der Waals surface area contributed by atoms with Gasteiger partial charge in [-0.15, -0.1) is 0 Å². The average Bonchev–Trinajstić information content (AvgIpc) is 3.65. The van der Waals surface area contributed by atoms with Crippen molar-refractivity contribution in [3.05, 3.63) is 174 Å². The third kappa shape index (κ3) is 4.54. The van der Waals surface area contributed by atoms with Gasteiger partial charge in [0, 0.05) is 16.8 Å². The minimum absolute atomic E-state index is 0.259. The second-order valence-electron chi connectivity index (χ2n) is 13.2. The quantitative estimate of drug-likeness (QED) is 0.191. The van der Waals surface area contributed by atoms with E-state index in [9.17, 15) is 0 Å². The molecule has 7 aromatic rings. The number of hydrogen-bond donors (Lipinski definition) is 0. The van der Waals surface area contributed by atoms with Crippen LogP contribution in [0.5, 0.6) is 0 Å². The van der Waals surface area contributed by atoms with E-state index in [4.69, 9.17) is 9.40 Å². The van der Waals surface area contributed by atoms with Gasteiger partial charge in [0.1, 0.15) is 5.52 Å². The first-order valence-electron chi connectivity index (χ1n) is 16.0. The maximum atomic E-state index is 6.55. The maximum absolute atomic E-state index is 6.55. The minimum atomic E-state index is -0.354. The molecule has 0 atom stereocenters. The average molecular weight is 597 g/mol. The molecule has 0 amide bonds. The van der Waals surface area contributed by atoms with Crippen molar-refractivity contribution >= 4 is 22.5 Å². The number of rotatable bonds is 6. The lowest BCUT2D eigenvalue weighted by Gasteiger charge is -2.39. The van der Waals surface area contributed by atoms with Gasteiger partial charge < -0.3 is 9.32 Å². The molecule has 6 aromatic carbocycles. The van der Waals surface area contributed by atoms with Crippen molar-refractivity contribution in [2.45, 2.75) is 38.1 Å². The van der Waals surface area contributed by atoms with E-state index < -0.39 is 0 Å². The molecule has 0 spiro atoms. The predicted octanol–water partition coefficient (Wildman–Crippen LogP) is 11.0. The highest BCUT2D eigenvalue weighted by Gasteiger charge is 2.45. The van der Waals surface area contributed by atoms with Crippen LogP contribution in [0.1, 0.15) is 43.0 Å². The van der Waals surface area contributed by atoms with E-state index >= 15 is 0 Å². The summed E-state index contributed by atoms with van der Waals surface area (Å²) in [6.07, 6.45) is 0.860. The highest BCUT2D eigenvalue weighted by molar-refractivity contribution is 5.92. The van der Waals surface area contributed by atoms with Crippen LogP contribution in [0.15, 0.2) is 156 Å². The van der Waals surface area contributed by atoms with Crippen molar-refractivity contribution in [1.82, 2.24) is 4.98 Å². The van der Waals surface area contributed by atoms with Crippen LogP contribution in [0.2, 0.25) is 0 Å². The molecule has 46 heavy (non-hydrogen) atoms. The molecule has 0 fully saturated rings. The van der Waals surface area contributed by atoms with E-state index in [1.165, 1.54) is 33.4 Å². The fourth-order valence-electron chi connectivity index (χ4n) is 7.44. The van der Waals surface area contributed by atoms with Gasteiger partial charge >= 0.3 is 0 Å². The number of benzene rings is 6. The Labute approximate surface area is 270 Å². The first kappa shape index (κ1) is 28.1. The summed E-state index contributed by atoms with van der Waals surface area (Å²) >= 11 is 0. The zero-order valence-corrected chi connectivity index (χ0v) is 26.4. The molecule has 0 saturated heterocycles. The van der Waals surface area contributed by atoms with Crippen molar-refractivity contribution in [3.8, 4) is 22.6 Å². The molecule has 8 rings (SSSR count). The van der Waals surface area contributed by atoms with Crippen LogP contribution in [0.3, 0.4) is 0 Å². The lowest BCUT2D eigenvalue weighted by Crippen LogP contribution is -2.38. The first-order valence-corrected chi connectivity index (χ1v) is 16.0. The lowest BCUT2D eigenvalue weighted by molar-refractivity contribution is 0.553. The molecule has 0 aliphatic heterocycles. The van der Waals surface area contributed by atoms with Gasteiger partial charge in [-0.25, -0.2) is 4.98 Å². The molecule has 1 aliphatic rings. The molecule has 0 bridgehead atoms. The van der Waals surface area contributed by atoms with E-state index in [0.717, 1.165) is 34.5 Å². The largest absolute Gasteiger partial charge is 0.434 e. The van der Waals surface area contributed by atoms with Crippen molar-refractivity contribution in [2.24, 2.45) is 0 Å². The van der Waals surface area contributed by atoms with Crippen molar-refractivity contribution < 1.29 is 4.42 Å². The molecule has 0 N–H and O–H groups in total. The maximum Gasteiger partial charge on any atom is 0.227 e. The number of para-hydroxylation sites is 1. The highest BCUT2D eigenvalue weighted by atomic mass is 16.3. The fraction of sp³-hybridized carbons (Fsp3) is 0.140.